The SMILES string of the molecule is CCOC(=O)c1cc2nc(C)n(C)c2nc1C. The van der Waals surface area contributed by atoms with Gasteiger partial charge in [0.15, 0.2) is 5.65 Å². The summed E-state index contributed by atoms with van der Waals surface area (Å²) in [5, 5.41) is 0. The molecular weight excluding hydrogens is 218 g/mol. The fraction of sp³-hybridized carbons (Fsp3) is 0.417. The van der Waals surface area contributed by atoms with E-state index in [0.717, 1.165) is 17.0 Å². The number of hydrogen-bond acceptors (Lipinski definition) is 4. The van der Waals surface area contributed by atoms with Gasteiger partial charge in [-0.3, -0.25) is 0 Å². The Hall–Kier alpha value is -1.91. The molecule has 0 fully saturated rings. The minimum atomic E-state index is -0.345. The molecule has 17 heavy (non-hydrogen) atoms. The Balaban J connectivity index is 2.59. The van der Waals surface area contributed by atoms with E-state index in [1.165, 1.54) is 0 Å². The Morgan fingerprint density at radius 1 is 1.41 bits per heavy atom. The van der Waals surface area contributed by atoms with E-state index in [4.69, 9.17) is 4.74 Å². The summed E-state index contributed by atoms with van der Waals surface area (Å²) in [6.07, 6.45) is 0. The number of pyridine rings is 1. The topological polar surface area (TPSA) is 57.0 Å². The van der Waals surface area contributed by atoms with E-state index in [1.807, 2.05) is 18.5 Å². The summed E-state index contributed by atoms with van der Waals surface area (Å²) < 4.78 is 6.88. The molecule has 0 N–H and O–H groups in total. The fourth-order valence-electron chi connectivity index (χ4n) is 1.73. The van der Waals surface area contributed by atoms with Gasteiger partial charge in [0.25, 0.3) is 0 Å². The number of aryl methyl sites for hydroxylation is 3. The first-order chi connectivity index (χ1) is 8.04. The number of rotatable bonds is 2. The molecule has 0 saturated carbocycles. The normalized spacial score (nSPS) is 10.8. The maximum absolute atomic E-state index is 11.7. The molecule has 5 heteroatoms. The van der Waals surface area contributed by atoms with Gasteiger partial charge in [-0.2, -0.15) is 0 Å². The Kier molecular flexibility index (Phi) is 2.83. The lowest BCUT2D eigenvalue weighted by atomic mass is 10.2. The lowest BCUT2D eigenvalue weighted by Crippen LogP contribution is -2.08. The molecule has 2 rings (SSSR count). The molecule has 0 atom stereocenters. The molecule has 0 unspecified atom stereocenters. The van der Waals surface area contributed by atoms with Gasteiger partial charge in [0, 0.05) is 7.05 Å². The number of fused-ring (bicyclic) bond motifs is 1. The second kappa shape index (κ2) is 4.16. The van der Waals surface area contributed by atoms with Crippen LogP contribution >= 0.6 is 0 Å². The van der Waals surface area contributed by atoms with Crippen molar-refractivity contribution in [2.24, 2.45) is 7.05 Å². The Labute approximate surface area is 99.4 Å². The zero-order valence-corrected chi connectivity index (χ0v) is 10.4. The van der Waals surface area contributed by atoms with Gasteiger partial charge in [0.05, 0.1) is 17.9 Å². The highest BCUT2D eigenvalue weighted by Crippen LogP contribution is 2.17. The van der Waals surface area contributed by atoms with Gasteiger partial charge in [-0.15, -0.1) is 0 Å². The highest BCUT2D eigenvalue weighted by Gasteiger charge is 2.15. The minimum absolute atomic E-state index is 0.345. The molecule has 2 heterocycles. The van der Waals surface area contributed by atoms with Crippen molar-refractivity contribution >= 4 is 17.1 Å². The molecule has 0 saturated heterocycles. The van der Waals surface area contributed by atoms with Crippen LogP contribution in [0.1, 0.15) is 28.8 Å². The van der Waals surface area contributed by atoms with Crippen LogP contribution in [0.4, 0.5) is 0 Å². The van der Waals surface area contributed by atoms with E-state index in [2.05, 4.69) is 9.97 Å². The van der Waals surface area contributed by atoms with Crippen molar-refractivity contribution in [1.29, 1.82) is 0 Å². The van der Waals surface area contributed by atoms with Crippen LogP contribution in [-0.4, -0.2) is 27.1 Å². The Morgan fingerprint density at radius 2 is 2.12 bits per heavy atom. The van der Waals surface area contributed by atoms with Gasteiger partial charge in [-0.25, -0.2) is 14.8 Å². The first-order valence-electron chi connectivity index (χ1n) is 5.52. The average Bonchev–Trinajstić information content (AvgIpc) is 2.55. The molecule has 0 aromatic carbocycles. The van der Waals surface area contributed by atoms with Gasteiger partial charge >= 0.3 is 5.97 Å². The van der Waals surface area contributed by atoms with Crippen molar-refractivity contribution in [2.45, 2.75) is 20.8 Å². The van der Waals surface area contributed by atoms with E-state index in [-0.39, 0.29) is 5.97 Å². The van der Waals surface area contributed by atoms with E-state index >= 15 is 0 Å². The van der Waals surface area contributed by atoms with Crippen molar-refractivity contribution < 1.29 is 9.53 Å². The zero-order valence-electron chi connectivity index (χ0n) is 10.4. The maximum atomic E-state index is 11.7. The summed E-state index contributed by atoms with van der Waals surface area (Å²) in [5.41, 5.74) is 2.66. The molecular formula is C12H15N3O2. The highest BCUT2D eigenvalue weighted by atomic mass is 16.5. The summed E-state index contributed by atoms with van der Waals surface area (Å²) in [7, 11) is 1.90. The van der Waals surface area contributed by atoms with Crippen LogP contribution in [0.25, 0.3) is 11.2 Å². The first kappa shape index (κ1) is 11.6. The number of carbonyl (C=O) groups excluding carboxylic acids is 1. The standard InChI is InChI=1S/C12H15N3O2/c1-5-17-12(16)9-6-10-11(13-7(9)2)15(4)8(3)14-10/h6H,5H2,1-4H3. The van der Waals surface area contributed by atoms with Gasteiger partial charge in [0.1, 0.15) is 11.3 Å². The third kappa shape index (κ3) is 1.88. The summed E-state index contributed by atoms with van der Waals surface area (Å²) in [5.74, 6) is 0.524. The molecule has 0 spiro atoms. The lowest BCUT2D eigenvalue weighted by molar-refractivity contribution is 0.0525. The third-order valence-electron chi connectivity index (χ3n) is 2.75. The number of hydrogen-bond donors (Lipinski definition) is 0. The quantitative estimate of drug-likeness (QED) is 0.742. The Morgan fingerprint density at radius 3 is 2.76 bits per heavy atom. The number of imidazole rings is 1. The van der Waals surface area contributed by atoms with Crippen LogP contribution in [0.15, 0.2) is 6.07 Å². The fourth-order valence-corrected chi connectivity index (χ4v) is 1.73. The van der Waals surface area contributed by atoms with Crippen LogP contribution in [-0.2, 0) is 11.8 Å². The highest BCUT2D eigenvalue weighted by molar-refractivity contribution is 5.93. The molecule has 0 bridgehead atoms. The van der Waals surface area contributed by atoms with Crippen molar-refractivity contribution in [2.75, 3.05) is 6.61 Å². The molecule has 0 amide bonds. The van der Waals surface area contributed by atoms with Crippen LogP contribution in [0.3, 0.4) is 0 Å². The van der Waals surface area contributed by atoms with Gasteiger partial charge in [-0.1, -0.05) is 0 Å². The second-order valence-electron chi connectivity index (χ2n) is 3.90. The summed E-state index contributed by atoms with van der Waals surface area (Å²) in [4.78, 5) is 20.5. The Bertz CT molecular complexity index is 587. The van der Waals surface area contributed by atoms with Gasteiger partial charge < -0.3 is 9.30 Å². The molecule has 0 radical (unpaired) electrons. The number of carbonyl (C=O) groups is 1. The molecule has 2 aromatic rings. The number of esters is 1. The molecule has 2 aromatic heterocycles. The van der Waals surface area contributed by atoms with Crippen molar-refractivity contribution in [1.82, 2.24) is 14.5 Å². The minimum Gasteiger partial charge on any atom is -0.462 e. The molecule has 0 aliphatic heterocycles. The monoisotopic (exact) mass is 233 g/mol. The van der Waals surface area contributed by atoms with Crippen LogP contribution in [0.5, 0.6) is 0 Å². The predicted molar refractivity (Wildman–Crippen MR) is 63.9 cm³/mol. The number of nitrogens with zero attached hydrogens (tertiary/aromatic N) is 3. The van der Waals surface area contributed by atoms with Crippen molar-refractivity contribution in [3.8, 4) is 0 Å². The van der Waals surface area contributed by atoms with E-state index in [1.54, 1.807) is 19.9 Å². The summed E-state index contributed by atoms with van der Waals surface area (Å²) in [6, 6.07) is 1.74. The first-order valence-corrected chi connectivity index (χ1v) is 5.52. The summed E-state index contributed by atoms with van der Waals surface area (Å²) in [6.45, 7) is 5.84. The molecule has 5 nitrogen and oxygen atoms in total. The third-order valence-corrected chi connectivity index (χ3v) is 2.75. The van der Waals surface area contributed by atoms with Crippen molar-refractivity contribution in [3.63, 3.8) is 0 Å². The second-order valence-corrected chi connectivity index (χ2v) is 3.90. The maximum Gasteiger partial charge on any atom is 0.340 e. The van der Waals surface area contributed by atoms with E-state index in [9.17, 15) is 4.79 Å². The largest absolute Gasteiger partial charge is 0.462 e. The molecule has 90 valence electrons. The zero-order chi connectivity index (χ0) is 12.6. The van der Waals surface area contributed by atoms with Crippen LogP contribution in [0.2, 0.25) is 0 Å². The van der Waals surface area contributed by atoms with E-state index < -0.39 is 0 Å². The van der Waals surface area contributed by atoms with Crippen molar-refractivity contribution in [3.05, 3.63) is 23.1 Å². The average molecular weight is 233 g/mol. The predicted octanol–water partition coefficient (Wildman–Crippen LogP) is 1.76. The van der Waals surface area contributed by atoms with Gasteiger partial charge in [0.2, 0.25) is 0 Å². The molecule has 0 aliphatic carbocycles. The smallest absolute Gasteiger partial charge is 0.340 e. The number of aromatic nitrogens is 3. The molecule has 0 aliphatic rings. The lowest BCUT2D eigenvalue weighted by Gasteiger charge is -2.05. The van der Waals surface area contributed by atoms with E-state index in [0.29, 0.717) is 17.9 Å². The van der Waals surface area contributed by atoms with Crippen LogP contribution in [0, 0.1) is 13.8 Å². The van der Waals surface area contributed by atoms with Gasteiger partial charge in [-0.05, 0) is 26.8 Å². The number of ether oxygens (including phenoxy) is 1. The van der Waals surface area contributed by atoms with Crippen LogP contribution < -0.4 is 0 Å². The summed E-state index contributed by atoms with van der Waals surface area (Å²) >= 11 is 0.